The topological polar surface area (TPSA) is 112 Å². The van der Waals surface area contributed by atoms with Crippen molar-refractivity contribution in [1.29, 1.82) is 0 Å². The molecule has 0 radical (unpaired) electrons. The summed E-state index contributed by atoms with van der Waals surface area (Å²) in [6.45, 7) is 0. The van der Waals surface area contributed by atoms with Gasteiger partial charge < -0.3 is 5.11 Å². The number of nitro benzene ring substituents is 1. The second kappa shape index (κ2) is 5.58. The second-order valence-corrected chi connectivity index (χ2v) is 6.06. The highest BCUT2D eigenvalue weighted by Crippen LogP contribution is 2.28. The van der Waals surface area contributed by atoms with Crippen molar-refractivity contribution in [3.8, 4) is 5.75 Å². The highest BCUT2D eigenvalue weighted by atomic mass is 35.5. The van der Waals surface area contributed by atoms with Gasteiger partial charge in [0.25, 0.3) is 15.7 Å². The lowest BCUT2D eigenvalue weighted by molar-refractivity contribution is -0.398. The van der Waals surface area contributed by atoms with Crippen LogP contribution in [0.15, 0.2) is 47.4 Å². The molecule has 0 unspecified atom stereocenters. The van der Waals surface area contributed by atoms with E-state index in [-0.39, 0.29) is 10.7 Å². The number of halogens is 1. The van der Waals surface area contributed by atoms with Crippen molar-refractivity contribution in [2.24, 2.45) is 0 Å². The first-order chi connectivity index (χ1) is 9.81. The molecule has 110 valence electrons. The van der Waals surface area contributed by atoms with E-state index in [0.29, 0.717) is 6.07 Å². The van der Waals surface area contributed by atoms with Gasteiger partial charge in [0, 0.05) is 6.07 Å². The standard InChI is InChI=1S/C12H9ClN2O5S/c13-9-3-1-2-4-10(9)14-21(19,20)8-5-6-12(16)11(7-8)15(17)18/h1-7,14,16H/p-1. The van der Waals surface area contributed by atoms with Gasteiger partial charge in [0.2, 0.25) is 0 Å². The molecular formula is C12H8ClN2O5S-. The van der Waals surface area contributed by atoms with E-state index in [1.165, 1.54) is 12.1 Å². The van der Waals surface area contributed by atoms with Crippen LogP contribution in [-0.4, -0.2) is 13.3 Å². The van der Waals surface area contributed by atoms with Crippen LogP contribution in [-0.2, 0) is 10.0 Å². The molecule has 0 saturated heterocycles. The van der Waals surface area contributed by atoms with Gasteiger partial charge in [-0.25, -0.2) is 8.42 Å². The van der Waals surface area contributed by atoms with Gasteiger partial charge >= 0.3 is 0 Å². The molecule has 0 fully saturated rings. The van der Waals surface area contributed by atoms with Gasteiger partial charge in [0.1, 0.15) is 0 Å². The van der Waals surface area contributed by atoms with E-state index < -0.39 is 31.3 Å². The van der Waals surface area contributed by atoms with E-state index in [1.54, 1.807) is 12.1 Å². The molecule has 0 aliphatic carbocycles. The van der Waals surface area contributed by atoms with Crippen molar-refractivity contribution in [3.05, 3.63) is 57.6 Å². The maximum absolute atomic E-state index is 12.1. The minimum atomic E-state index is -4.09. The molecule has 0 amide bonds. The van der Waals surface area contributed by atoms with E-state index in [9.17, 15) is 23.6 Å². The average molecular weight is 328 g/mol. The van der Waals surface area contributed by atoms with Crippen LogP contribution in [0.1, 0.15) is 0 Å². The number of nitrogens with one attached hydrogen (secondary N) is 1. The van der Waals surface area contributed by atoms with Gasteiger partial charge in [-0.1, -0.05) is 29.8 Å². The summed E-state index contributed by atoms with van der Waals surface area (Å²) in [5, 5.41) is 22.1. The first-order valence-electron chi connectivity index (χ1n) is 5.54. The molecule has 21 heavy (non-hydrogen) atoms. The third-order valence-corrected chi connectivity index (χ3v) is 4.25. The molecule has 0 aliphatic heterocycles. The number of anilines is 1. The monoisotopic (exact) mass is 327 g/mol. The molecule has 0 saturated carbocycles. The zero-order valence-corrected chi connectivity index (χ0v) is 11.9. The van der Waals surface area contributed by atoms with Crippen molar-refractivity contribution >= 4 is 33.0 Å². The fourth-order valence-electron chi connectivity index (χ4n) is 1.55. The number of nitro groups is 1. The summed E-state index contributed by atoms with van der Waals surface area (Å²) < 4.78 is 26.5. The van der Waals surface area contributed by atoms with E-state index in [0.717, 1.165) is 12.1 Å². The minimum Gasteiger partial charge on any atom is -0.868 e. The Labute approximate surface area is 125 Å². The Kier molecular flexibility index (Phi) is 4.01. The number of hydrogen-bond acceptors (Lipinski definition) is 5. The number of benzene rings is 2. The molecule has 0 bridgehead atoms. The van der Waals surface area contributed by atoms with E-state index >= 15 is 0 Å². The number of nitrogens with zero attached hydrogens (tertiary/aromatic N) is 1. The highest BCUT2D eigenvalue weighted by molar-refractivity contribution is 7.92. The summed E-state index contributed by atoms with van der Waals surface area (Å²) in [4.78, 5) is 9.35. The zero-order chi connectivity index (χ0) is 15.6. The van der Waals surface area contributed by atoms with Gasteiger partial charge in [-0.05, 0) is 23.9 Å². The Hall–Kier alpha value is -2.32. The molecule has 0 spiro atoms. The van der Waals surface area contributed by atoms with Crippen LogP contribution in [0.3, 0.4) is 0 Å². The highest BCUT2D eigenvalue weighted by Gasteiger charge is 2.19. The van der Waals surface area contributed by atoms with Crippen LogP contribution >= 0.6 is 11.6 Å². The van der Waals surface area contributed by atoms with Crippen LogP contribution in [0.25, 0.3) is 0 Å². The Morgan fingerprint density at radius 2 is 1.81 bits per heavy atom. The lowest BCUT2D eigenvalue weighted by atomic mass is 10.3. The molecule has 0 aromatic heterocycles. The largest absolute Gasteiger partial charge is 0.868 e. The second-order valence-electron chi connectivity index (χ2n) is 3.97. The molecule has 0 atom stereocenters. The van der Waals surface area contributed by atoms with Crippen LogP contribution in [0, 0.1) is 10.1 Å². The Balaban J connectivity index is 2.43. The van der Waals surface area contributed by atoms with Gasteiger partial charge in [-0.15, -0.1) is 0 Å². The van der Waals surface area contributed by atoms with Crippen molar-refractivity contribution in [3.63, 3.8) is 0 Å². The summed E-state index contributed by atoms with van der Waals surface area (Å²) in [7, 11) is -4.09. The van der Waals surface area contributed by atoms with Gasteiger partial charge in [0.05, 0.1) is 20.5 Å². The summed E-state index contributed by atoms with van der Waals surface area (Å²) in [6.07, 6.45) is 0. The van der Waals surface area contributed by atoms with Crippen molar-refractivity contribution in [2.45, 2.75) is 4.90 Å². The van der Waals surface area contributed by atoms with Crippen molar-refractivity contribution in [1.82, 2.24) is 0 Å². The first kappa shape index (κ1) is 15.1. The van der Waals surface area contributed by atoms with E-state index in [4.69, 9.17) is 11.6 Å². The third kappa shape index (κ3) is 3.23. The van der Waals surface area contributed by atoms with Crippen LogP contribution in [0.2, 0.25) is 5.02 Å². The molecule has 7 nitrogen and oxygen atoms in total. The Morgan fingerprint density at radius 1 is 1.14 bits per heavy atom. The fourth-order valence-corrected chi connectivity index (χ4v) is 2.89. The molecule has 0 aliphatic rings. The minimum absolute atomic E-state index is 0.132. The van der Waals surface area contributed by atoms with Crippen molar-refractivity contribution < 1.29 is 18.4 Å². The number of para-hydroxylation sites is 1. The zero-order valence-electron chi connectivity index (χ0n) is 10.3. The maximum Gasteiger partial charge on any atom is 0.263 e. The molecule has 9 heteroatoms. The predicted octanol–water partition coefficient (Wildman–Crippen LogP) is 2.12. The number of hydrogen-bond donors (Lipinski definition) is 1. The van der Waals surface area contributed by atoms with Gasteiger partial charge in [0.15, 0.2) is 0 Å². The number of rotatable bonds is 4. The molecular weight excluding hydrogens is 320 g/mol. The average Bonchev–Trinajstić information content (AvgIpc) is 2.41. The van der Waals surface area contributed by atoms with Gasteiger partial charge in [-0.2, -0.15) is 0 Å². The molecule has 2 aromatic rings. The maximum atomic E-state index is 12.1. The van der Waals surface area contributed by atoms with Crippen LogP contribution in [0.4, 0.5) is 11.4 Å². The summed E-state index contributed by atoms with van der Waals surface area (Å²) >= 11 is 5.84. The summed E-state index contributed by atoms with van der Waals surface area (Å²) in [5.74, 6) is -0.864. The van der Waals surface area contributed by atoms with E-state index in [2.05, 4.69) is 4.72 Å². The van der Waals surface area contributed by atoms with Crippen LogP contribution < -0.4 is 9.83 Å². The SMILES string of the molecule is O=[N+]([O-])c1cc(S(=O)(=O)Nc2ccccc2Cl)ccc1[O-]. The predicted molar refractivity (Wildman–Crippen MR) is 74.8 cm³/mol. The lowest BCUT2D eigenvalue weighted by Crippen LogP contribution is -2.13. The summed E-state index contributed by atoms with van der Waals surface area (Å²) in [6, 6.07) is 8.66. The Bertz CT molecular complexity index is 807. The van der Waals surface area contributed by atoms with Gasteiger partial charge in [-0.3, -0.25) is 14.8 Å². The van der Waals surface area contributed by atoms with Crippen LogP contribution in [0.5, 0.6) is 5.75 Å². The molecule has 1 N–H and O–H groups in total. The van der Waals surface area contributed by atoms with E-state index in [1.807, 2.05) is 0 Å². The third-order valence-electron chi connectivity index (χ3n) is 2.56. The Morgan fingerprint density at radius 3 is 2.43 bits per heavy atom. The smallest absolute Gasteiger partial charge is 0.263 e. The quantitative estimate of drug-likeness (QED) is 0.682. The number of sulfonamides is 1. The molecule has 2 aromatic carbocycles. The summed E-state index contributed by atoms with van der Waals surface area (Å²) in [5.41, 5.74) is -0.676. The van der Waals surface area contributed by atoms with Crippen molar-refractivity contribution in [2.75, 3.05) is 4.72 Å². The normalized spacial score (nSPS) is 11.1. The fraction of sp³-hybridized carbons (Fsp3) is 0. The lowest BCUT2D eigenvalue weighted by Gasteiger charge is -2.11. The molecule has 2 rings (SSSR count). The molecule has 0 heterocycles. The first-order valence-corrected chi connectivity index (χ1v) is 7.40.